The van der Waals surface area contributed by atoms with Crippen LogP contribution in [0.2, 0.25) is 0 Å². The van der Waals surface area contributed by atoms with E-state index in [1.54, 1.807) is 0 Å². The average Bonchev–Trinajstić information content (AvgIpc) is 3.33. The van der Waals surface area contributed by atoms with Crippen molar-refractivity contribution in [3.63, 3.8) is 0 Å². The van der Waals surface area contributed by atoms with E-state index in [-0.39, 0.29) is 12.1 Å². The number of aryl methyl sites for hydroxylation is 1. The fourth-order valence-corrected chi connectivity index (χ4v) is 6.10. The molecule has 1 fully saturated rings. The van der Waals surface area contributed by atoms with Gasteiger partial charge in [-0.3, -0.25) is 9.98 Å². The van der Waals surface area contributed by atoms with Gasteiger partial charge in [0, 0.05) is 33.9 Å². The summed E-state index contributed by atoms with van der Waals surface area (Å²) in [5.74, 6) is 0. The van der Waals surface area contributed by atoms with Gasteiger partial charge in [-0.15, -0.1) is 0 Å². The minimum atomic E-state index is 0.0272. The first-order chi connectivity index (χ1) is 14.0. The van der Waals surface area contributed by atoms with E-state index in [9.17, 15) is 0 Å². The van der Waals surface area contributed by atoms with Crippen LogP contribution in [0.3, 0.4) is 0 Å². The Morgan fingerprint density at radius 3 is 2.66 bits per heavy atom. The number of amidine groups is 1. The van der Waals surface area contributed by atoms with Crippen LogP contribution in [-0.2, 0) is 0 Å². The van der Waals surface area contributed by atoms with E-state index in [0.29, 0.717) is 5.25 Å². The van der Waals surface area contributed by atoms with Crippen LogP contribution in [0.1, 0.15) is 41.7 Å². The second-order valence-electron chi connectivity index (χ2n) is 7.75. The van der Waals surface area contributed by atoms with E-state index in [1.807, 2.05) is 24.0 Å². The minimum absolute atomic E-state index is 0.0272. The van der Waals surface area contributed by atoms with Crippen LogP contribution in [0, 0.1) is 13.8 Å². The van der Waals surface area contributed by atoms with Crippen LogP contribution in [0.15, 0.2) is 64.2 Å². The monoisotopic (exact) mass is 466 g/mol. The van der Waals surface area contributed by atoms with Crippen molar-refractivity contribution in [2.45, 2.75) is 38.1 Å². The van der Waals surface area contributed by atoms with Gasteiger partial charge in [-0.1, -0.05) is 36.9 Å². The van der Waals surface area contributed by atoms with Crippen LogP contribution in [-0.4, -0.2) is 31.4 Å². The quantitative estimate of drug-likeness (QED) is 0.485. The Bertz CT molecular complexity index is 1090. The lowest BCUT2D eigenvalue weighted by Gasteiger charge is -2.27. The molecule has 2 aliphatic heterocycles. The molecule has 0 aliphatic carbocycles. The summed E-state index contributed by atoms with van der Waals surface area (Å²) in [5.41, 5.74) is 6.05. The standard InChI is InChI=1S/C23H23BrN4S/c1-14-12-17(16(3)28(14)20-10-5-4-8-18(20)24)22-21(19-9-6-7-11-25-19)26-23-27(22)13-15(2)29-23/h4-12,15,21-22H,13H2,1-3H3. The molecule has 4 nitrogen and oxygen atoms in total. The largest absolute Gasteiger partial charge is 0.341 e. The molecule has 0 N–H and O–H groups in total. The Kier molecular flexibility index (Phi) is 4.79. The van der Waals surface area contributed by atoms with Crippen molar-refractivity contribution in [3.05, 3.63) is 81.8 Å². The van der Waals surface area contributed by atoms with Gasteiger partial charge in [-0.2, -0.15) is 0 Å². The molecule has 0 saturated carbocycles. The summed E-state index contributed by atoms with van der Waals surface area (Å²) in [6.07, 6.45) is 1.87. The molecule has 3 aromatic rings. The van der Waals surface area contributed by atoms with Crippen molar-refractivity contribution in [2.75, 3.05) is 6.54 Å². The third-order valence-electron chi connectivity index (χ3n) is 5.76. The number of para-hydroxylation sites is 1. The molecule has 0 amide bonds. The third-order valence-corrected chi connectivity index (χ3v) is 7.54. The fraction of sp³-hybridized carbons (Fsp3) is 0.304. The second kappa shape index (κ2) is 7.33. The molecule has 148 valence electrons. The first-order valence-corrected chi connectivity index (χ1v) is 11.6. The predicted octanol–water partition coefficient (Wildman–Crippen LogP) is 5.84. The normalized spacial score (nSPS) is 23.4. The highest BCUT2D eigenvalue weighted by atomic mass is 79.9. The van der Waals surface area contributed by atoms with E-state index in [0.717, 1.165) is 21.9 Å². The molecule has 3 unspecified atom stereocenters. The number of fused-ring (bicyclic) bond motifs is 1. The van der Waals surface area contributed by atoms with Gasteiger partial charge in [0.1, 0.15) is 6.04 Å². The van der Waals surface area contributed by atoms with Gasteiger partial charge in [0.15, 0.2) is 5.17 Å². The maximum absolute atomic E-state index is 5.12. The lowest BCUT2D eigenvalue weighted by atomic mass is 9.96. The molecular formula is C23H23BrN4S. The van der Waals surface area contributed by atoms with E-state index in [4.69, 9.17) is 4.99 Å². The lowest BCUT2D eigenvalue weighted by molar-refractivity contribution is 0.320. The molecule has 3 atom stereocenters. The maximum Gasteiger partial charge on any atom is 0.160 e. The van der Waals surface area contributed by atoms with Crippen molar-refractivity contribution < 1.29 is 0 Å². The summed E-state index contributed by atoms with van der Waals surface area (Å²) in [4.78, 5) is 12.3. The molecule has 2 aliphatic rings. The predicted molar refractivity (Wildman–Crippen MR) is 124 cm³/mol. The summed E-state index contributed by atoms with van der Waals surface area (Å²) < 4.78 is 3.45. The SMILES string of the molecule is Cc1cc(C2C(c3ccccn3)N=C3SC(C)CN32)c(C)n1-c1ccccc1Br. The Balaban J connectivity index is 1.64. The van der Waals surface area contributed by atoms with Crippen LogP contribution in [0.5, 0.6) is 0 Å². The number of aliphatic imine (C=N–C) groups is 1. The lowest BCUT2D eigenvalue weighted by Crippen LogP contribution is -2.28. The van der Waals surface area contributed by atoms with Gasteiger partial charge in [0.25, 0.3) is 0 Å². The third kappa shape index (κ3) is 3.13. The van der Waals surface area contributed by atoms with Gasteiger partial charge >= 0.3 is 0 Å². The highest BCUT2D eigenvalue weighted by Crippen LogP contribution is 2.49. The number of thioether (sulfide) groups is 1. The zero-order valence-electron chi connectivity index (χ0n) is 16.7. The van der Waals surface area contributed by atoms with Crippen LogP contribution >= 0.6 is 27.7 Å². The van der Waals surface area contributed by atoms with Crippen molar-refractivity contribution in [1.29, 1.82) is 0 Å². The highest BCUT2D eigenvalue weighted by Gasteiger charge is 2.44. The smallest absolute Gasteiger partial charge is 0.160 e. The summed E-state index contributed by atoms with van der Waals surface area (Å²) in [7, 11) is 0. The first-order valence-electron chi connectivity index (χ1n) is 9.90. The molecule has 0 spiro atoms. The average molecular weight is 467 g/mol. The van der Waals surface area contributed by atoms with Gasteiger partial charge < -0.3 is 9.47 Å². The molecule has 2 aromatic heterocycles. The zero-order valence-corrected chi connectivity index (χ0v) is 19.1. The molecule has 1 aromatic carbocycles. The number of pyridine rings is 1. The Morgan fingerprint density at radius 2 is 1.90 bits per heavy atom. The topological polar surface area (TPSA) is 33.4 Å². The number of hydrogen-bond donors (Lipinski definition) is 0. The number of rotatable bonds is 3. The highest BCUT2D eigenvalue weighted by molar-refractivity contribution is 9.10. The second-order valence-corrected chi connectivity index (χ2v) is 10.0. The summed E-state index contributed by atoms with van der Waals surface area (Å²) in [6, 6.07) is 17.1. The first kappa shape index (κ1) is 18.9. The number of hydrogen-bond acceptors (Lipinski definition) is 4. The summed E-state index contributed by atoms with van der Waals surface area (Å²) in [5, 5.41) is 1.72. The van der Waals surface area contributed by atoms with Crippen molar-refractivity contribution >= 4 is 32.9 Å². The van der Waals surface area contributed by atoms with E-state index >= 15 is 0 Å². The fourth-order valence-electron chi connectivity index (χ4n) is 4.54. The van der Waals surface area contributed by atoms with Gasteiger partial charge in [-0.25, -0.2) is 0 Å². The van der Waals surface area contributed by atoms with Crippen LogP contribution in [0.25, 0.3) is 5.69 Å². The Labute approximate surface area is 184 Å². The van der Waals surface area contributed by atoms with E-state index < -0.39 is 0 Å². The molecule has 6 heteroatoms. The summed E-state index contributed by atoms with van der Waals surface area (Å²) in [6.45, 7) is 7.71. The van der Waals surface area contributed by atoms with Gasteiger partial charge in [0.05, 0.1) is 17.4 Å². The zero-order chi connectivity index (χ0) is 20.1. The maximum atomic E-state index is 5.12. The summed E-state index contributed by atoms with van der Waals surface area (Å²) >= 11 is 5.61. The molecule has 4 heterocycles. The molecule has 5 rings (SSSR count). The molecule has 1 saturated heterocycles. The van der Waals surface area contributed by atoms with E-state index in [2.05, 4.69) is 93.6 Å². The Morgan fingerprint density at radius 1 is 1.10 bits per heavy atom. The molecular weight excluding hydrogens is 444 g/mol. The molecule has 0 bridgehead atoms. The number of aromatic nitrogens is 2. The van der Waals surface area contributed by atoms with Crippen LogP contribution in [0.4, 0.5) is 0 Å². The van der Waals surface area contributed by atoms with Crippen molar-refractivity contribution in [3.8, 4) is 5.69 Å². The van der Waals surface area contributed by atoms with Crippen molar-refractivity contribution in [1.82, 2.24) is 14.5 Å². The number of nitrogens with zero attached hydrogens (tertiary/aromatic N) is 4. The number of benzene rings is 1. The molecule has 0 radical (unpaired) electrons. The van der Waals surface area contributed by atoms with Gasteiger partial charge in [0.2, 0.25) is 0 Å². The van der Waals surface area contributed by atoms with E-state index in [1.165, 1.54) is 22.6 Å². The minimum Gasteiger partial charge on any atom is -0.341 e. The Hall–Kier alpha value is -2.05. The van der Waals surface area contributed by atoms with Gasteiger partial charge in [-0.05, 0) is 65.7 Å². The molecule has 29 heavy (non-hydrogen) atoms. The van der Waals surface area contributed by atoms with Crippen molar-refractivity contribution in [2.24, 2.45) is 4.99 Å². The number of halogens is 1. The van der Waals surface area contributed by atoms with Crippen LogP contribution < -0.4 is 0 Å².